The highest BCUT2D eigenvalue weighted by Crippen LogP contribution is 2.34. The zero-order chi connectivity index (χ0) is 13.7. The molecule has 1 heterocycles. The lowest BCUT2D eigenvalue weighted by molar-refractivity contribution is -0.382. The van der Waals surface area contributed by atoms with Crippen molar-refractivity contribution in [3.63, 3.8) is 0 Å². The smallest absolute Gasteiger partial charge is 0.319 e. The summed E-state index contributed by atoms with van der Waals surface area (Å²) < 4.78 is 6.05. The number of aromatic nitrogens is 1. The molecule has 0 aliphatic heterocycles. The number of nitro benzene ring substituents is 1. The van der Waals surface area contributed by atoms with E-state index in [4.69, 9.17) is 4.74 Å². The molecule has 0 aliphatic rings. The van der Waals surface area contributed by atoms with Crippen LogP contribution in [0.5, 0.6) is 0 Å². The van der Waals surface area contributed by atoms with Gasteiger partial charge in [-0.1, -0.05) is 0 Å². The Hall–Kier alpha value is -1.73. The van der Waals surface area contributed by atoms with Crippen molar-refractivity contribution in [1.29, 1.82) is 0 Å². The molecule has 0 bridgehead atoms. The maximum Gasteiger partial charge on any atom is 0.319 e. The van der Waals surface area contributed by atoms with E-state index in [9.17, 15) is 10.1 Å². The number of benzene rings is 1. The van der Waals surface area contributed by atoms with Crippen LogP contribution in [0.2, 0.25) is 0 Å². The van der Waals surface area contributed by atoms with E-state index in [0.29, 0.717) is 31.0 Å². The van der Waals surface area contributed by atoms with E-state index in [1.165, 1.54) is 11.3 Å². The molecular weight excluding hydrogens is 266 g/mol. The Morgan fingerprint density at radius 1 is 1.53 bits per heavy atom. The zero-order valence-electron chi connectivity index (χ0n) is 10.6. The molecule has 0 fully saturated rings. The fourth-order valence-corrected chi connectivity index (χ4v) is 2.47. The van der Waals surface area contributed by atoms with Gasteiger partial charge in [-0.3, -0.25) is 10.1 Å². The summed E-state index contributed by atoms with van der Waals surface area (Å²) in [5, 5.41) is 14.3. The molecule has 0 saturated heterocycles. The van der Waals surface area contributed by atoms with Gasteiger partial charge in [0.1, 0.15) is 5.69 Å². The van der Waals surface area contributed by atoms with Gasteiger partial charge in [0.2, 0.25) is 0 Å². The van der Waals surface area contributed by atoms with Crippen molar-refractivity contribution >= 4 is 32.9 Å². The molecule has 6 nitrogen and oxygen atoms in total. The van der Waals surface area contributed by atoms with Gasteiger partial charge in [-0.05, 0) is 25.5 Å². The van der Waals surface area contributed by atoms with Gasteiger partial charge in [0, 0.05) is 19.8 Å². The van der Waals surface area contributed by atoms with Crippen molar-refractivity contribution < 1.29 is 9.66 Å². The monoisotopic (exact) mass is 281 g/mol. The highest BCUT2D eigenvalue weighted by Gasteiger charge is 2.20. The van der Waals surface area contributed by atoms with E-state index in [1.807, 2.05) is 13.0 Å². The number of thiazole rings is 1. The largest absolute Gasteiger partial charge is 0.382 e. The molecule has 0 amide bonds. The molecule has 0 unspecified atom stereocenters. The first-order valence-electron chi connectivity index (χ1n) is 6.06. The summed E-state index contributed by atoms with van der Waals surface area (Å²) in [5.41, 5.74) is 2.64. The standard InChI is InChI=1S/C12H15N3O3S/c1-2-18-7-3-6-13-9-4-5-10-11(14-8-19-10)12(9)15(16)17/h4-5,8,13H,2-3,6-7H2,1H3. The lowest BCUT2D eigenvalue weighted by atomic mass is 10.2. The van der Waals surface area contributed by atoms with Crippen molar-refractivity contribution in [3.8, 4) is 0 Å². The van der Waals surface area contributed by atoms with Crippen LogP contribution in [0.15, 0.2) is 17.6 Å². The third-order valence-corrected chi connectivity index (χ3v) is 3.44. The molecule has 1 N–H and O–H groups in total. The van der Waals surface area contributed by atoms with Gasteiger partial charge in [-0.2, -0.15) is 0 Å². The molecule has 2 rings (SSSR count). The molecular formula is C12H15N3O3S. The molecule has 0 atom stereocenters. The summed E-state index contributed by atoms with van der Waals surface area (Å²) in [6, 6.07) is 3.59. The fraction of sp³-hybridized carbons (Fsp3) is 0.417. The van der Waals surface area contributed by atoms with Gasteiger partial charge in [-0.25, -0.2) is 4.98 Å². The number of rotatable bonds is 7. The van der Waals surface area contributed by atoms with Gasteiger partial charge in [0.25, 0.3) is 0 Å². The Morgan fingerprint density at radius 2 is 2.37 bits per heavy atom. The molecule has 1 aromatic carbocycles. The number of fused-ring (bicyclic) bond motifs is 1. The molecule has 7 heteroatoms. The second-order valence-corrected chi connectivity index (χ2v) is 4.78. The summed E-state index contributed by atoms with van der Waals surface area (Å²) in [6.45, 7) is 3.91. The molecule has 0 radical (unpaired) electrons. The Morgan fingerprint density at radius 3 is 3.11 bits per heavy atom. The first-order chi connectivity index (χ1) is 9.24. The molecule has 102 valence electrons. The minimum Gasteiger partial charge on any atom is -0.382 e. The van der Waals surface area contributed by atoms with Crippen LogP contribution in [0.1, 0.15) is 13.3 Å². The van der Waals surface area contributed by atoms with Crippen molar-refractivity contribution in [2.45, 2.75) is 13.3 Å². The van der Waals surface area contributed by atoms with Crippen LogP contribution in [-0.2, 0) is 4.74 Å². The van der Waals surface area contributed by atoms with E-state index in [0.717, 1.165) is 11.1 Å². The topological polar surface area (TPSA) is 77.3 Å². The fourth-order valence-electron chi connectivity index (χ4n) is 1.79. The Bertz CT molecular complexity index is 570. The van der Waals surface area contributed by atoms with Crippen molar-refractivity contribution in [1.82, 2.24) is 4.98 Å². The average Bonchev–Trinajstić information content (AvgIpc) is 2.85. The van der Waals surface area contributed by atoms with Gasteiger partial charge in [-0.15, -0.1) is 11.3 Å². The van der Waals surface area contributed by atoms with E-state index < -0.39 is 0 Å². The van der Waals surface area contributed by atoms with Crippen LogP contribution in [0.25, 0.3) is 10.2 Å². The van der Waals surface area contributed by atoms with Gasteiger partial charge < -0.3 is 10.1 Å². The Kier molecular flexibility index (Phi) is 4.64. The van der Waals surface area contributed by atoms with Gasteiger partial charge >= 0.3 is 5.69 Å². The molecule has 2 aromatic rings. The first kappa shape index (κ1) is 13.7. The van der Waals surface area contributed by atoms with E-state index >= 15 is 0 Å². The zero-order valence-corrected chi connectivity index (χ0v) is 11.4. The number of hydrogen-bond donors (Lipinski definition) is 1. The van der Waals surface area contributed by atoms with Crippen LogP contribution >= 0.6 is 11.3 Å². The van der Waals surface area contributed by atoms with Crippen molar-refractivity contribution in [3.05, 3.63) is 27.8 Å². The normalized spacial score (nSPS) is 10.8. The van der Waals surface area contributed by atoms with Crippen LogP contribution < -0.4 is 5.32 Å². The molecule has 0 spiro atoms. The summed E-state index contributed by atoms with van der Waals surface area (Å²) in [6.07, 6.45) is 0.806. The summed E-state index contributed by atoms with van der Waals surface area (Å²) in [5.74, 6) is 0. The quantitative estimate of drug-likeness (QED) is 0.479. The minimum absolute atomic E-state index is 0.0511. The van der Waals surface area contributed by atoms with Crippen LogP contribution in [0, 0.1) is 10.1 Å². The van der Waals surface area contributed by atoms with Crippen molar-refractivity contribution in [2.75, 3.05) is 25.1 Å². The highest BCUT2D eigenvalue weighted by atomic mass is 32.1. The number of anilines is 1. The lowest BCUT2D eigenvalue weighted by Crippen LogP contribution is -2.07. The first-order valence-corrected chi connectivity index (χ1v) is 6.94. The number of nitro groups is 1. The maximum atomic E-state index is 11.2. The SMILES string of the molecule is CCOCCCNc1ccc2scnc2c1[N+](=O)[O-]. The van der Waals surface area contributed by atoms with E-state index in [-0.39, 0.29) is 10.6 Å². The average molecular weight is 281 g/mol. The Balaban J connectivity index is 2.13. The van der Waals surface area contributed by atoms with Gasteiger partial charge in [0.15, 0.2) is 5.52 Å². The predicted molar refractivity (Wildman–Crippen MR) is 75.9 cm³/mol. The van der Waals surface area contributed by atoms with Crippen LogP contribution in [-0.4, -0.2) is 29.7 Å². The highest BCUT2D eigenvalue weighted by molar-refractivity contribution is 7.16. The molecule has 0 saturated carbocycles. The second kappa shape index (κ2) is 6.44. The summed E-state index contributed by atoms with van der Waals surface area (Å²) in [4.78, 5) is 14.9. The molecule has 1 aromatic heterocycles. The molecule has 0 aliphatic carbocycles. The van der Waals surface area contributed by atoms with Crippen LogP contribution in [0.3, 0.4) is 0 Å². The number of nitrogens with one attached hydrogen (secondary N) is 1. The number of ether oxygens (including phenoxy) is 1. The van der Waals surface area contributed by atoms with E-state index in [1.54, 1.807) is 11.6 Å². The summed E-state index contributed by atoms with van der Waals surface area (Å²) in [7, 11) is 0. The van der Waals surface area contributed by atoms with Crippen molar-refractivity contribution in [2.24, 2.45) is 0 Å². The number of nitrogens with zero attached hydrogens (tertiary/aromatic N) is 2. The van der Waals surface area contributed by atoms with Gasteiger partial charge in [0.05, 0.1) is 15.1 Å². The Labute approximate surface area is 114 Å². The second-order valence-electron chi connectivity index (χ2n) is 3.90. The predicted octanol–water partition coefficient (Wildman–Crippen LogP) is 3.04. The third-order valence-electron chi connectivity index (χ3n) is 2.64. The van der Waals surface area contributed by atoms with E-state index in [2.05, 4.69) is 10.3 Å². The van der Waals surface area contributed by atoms with Crippen LogP contribution in [0.4, 0.5) is 11.4 Å². The molecule has 19 heavy (non-hydrogen) atoms. The maximum absolute atomic E-state index is 11.2. The third kappa shape index (κ3) is 3.18. The lowest BCUT2D eigenvalue weighted by Gasteiger charge is -2.07. The minimum atomic E-state index is -0.382. The summed E-state index contributed by atoms with van der Waals surface area (Å²) >= 11 is 1.40. The number of hydrogen-bond acceptors (Lipinski definition) is 6.